The van der Waals surface area contributed by atoms with E-state index >= 15 is 0 Å². The lowest BCUT2D eigenvalue weighted by molar-refractivity contribution is 0.136. The first-order chi connectivity index (χ1) is 12.0. The number of benzene rings is 1. The summed E-state index contributed by atoms with van der Waals surface area (Å²) in [4.78, 5) is 0. The van der Waals surface area contributed by atoms with Crippen LogP contribution in [-0.4, -0.2) is 25.8 Å². The maximum Gasteiger partial charge on any atom is 0.0595 e. The Kier molecular flexibility index (Phi) is 8.54. The molecule has 142 valence electrons. The summed E-state index contributed by atoms with van der Waals surface area (Å²) in [7, 11) is 0. The zero-order valence-electron chi connectivity index (χ0n) is 15.9. The third-order valence-electron chi connectivity index (χ3n) is 5.42. The summed E-state index contributed by atoms with van der Waals surface area (Å²) in [5.41, 5.74) is 1.55. The molecule has 1 N–H and O–H groups in total. The van der Waals surface area contributed by atoms with Crippen LogP contribution >= 0.6 is 23.2 Å². The summed E-state index contributed by atoms with van der Waals surface area (Å²) in [5, 5.41) is 5.19. The van der Waals surface area contributed by atoms with Gasteiger partial charge in [-0.05, 0) is 69.2 Å². The van der Waals surface area contributed by atoms with Crippen LogP contribution in [0.25, 0.3) is 0 Å². The Bertz CT molecular complexity index is 529. The zero-order valence-corrected chi connectivity index (χ0v) is 17.4. The number of nitrogens with one attached hydrogen (secondary N) is 1. The Hall–Kier alpha value is -0.280. The van der Waals surface area contributed by atoms with Crippen LogP contribution in [0, 0.1) is 5.92 Å². The van der Waals surface area contributed by atoms with Gasteiger partial charge in [0.05, 0.1) is 10.0 Å². The summed E-state index contributed by atoms with van der Waals surface area (Å²) in [6, 6.07) is 6.71. The van der Waals surface area contributed by atoms with Crippen LogP contribution < -0.4 is 5.32 Å². The van der Waals surface area contributed by atoms with Crippen molar-refractivity contribution in [2.45, 2.75) is 70.8 Å². The van der Waals surface area contributed by atoms with Crippen molar-refractivity contribution in [3.8, 4) is 0 Å². The van der Waals surface area contributed by atoms with Crippen molar-refractivity contribution in [2.24, 2.45) is 5.92 Å². The molecule has 0 saturated heterocycles. The van der Waals surface area contributed by atoms with Gasteiger partial charge in [0.15, 0.2) is 0 Å². The fraction of sp³-hybridized carbons (Fsp3) is 0.714. The molecule has 0 aliphatic heterocycles. The van der Waals surface area contributed by atoms with Crippen LogP contribution in [0.15, 0.2) is 18.2 Å². The summed E-state index contributed by atoms with van der Waals surface area (Å²) in [5.74, 6) is 0.668. The third-order valence-corrected chi connectivity index (χ3v) is 6.16. The van der Waals surface area contributed by atoms with E-state index in [1.54, 1.807) is 0 Å². The van der Waals surface area contributed by atoms with Crippen molar-refractivity contribution in [1.29, 1.82) is 0 Å². The number of ether oxygens (including phenoxy) is 1. The van der Waals surface area contributed by atoms with Gasteiger partial charge in [0.2, 0.25) is 0 Å². The predicted molar refractivity (Wildman–Crippen MR) is 109 cm³/mol. The molecule has 0 radical (unpaired) electrons. The Morgan fingerprint density at radius 3 is 2.48 bits per heavy atom. The zero-order chi connectivity index (χ0) is 18.3. The second-order valence-corrected chi connectivity index (χ2v) is 8.49. The topological polar surface area (TPSA) is 21.3 Å². The maximum absolute atomic E-state index is 6.32. The van der Waals surface area contributed by atoms with Crippen LogP contribution in [0.1, 0.15) is 64.9 Å². The standard InChI is InChI=1S/C21H33Cl2NO/c1-4-25-13-6-5-12-24-20(14-16(2)3)21(10-7-11-21)17-8-9-18(22)19(23)15-17/h8-9,15-16,20,24H,4-7,10-14H2,1-3H3/t20-/m0/s1. The van der Waals surface area contributed by atoms with E-state index in [-0.39, 0.29) is 5.41 Å². The maximum atomic E-state index is 6.32. The van der Waals surface area contributed by atoms with E-state index in [9.17, 15) is 0 Å². The monoisotopic (exact) mass is 385 g/mol. The molecule has 0 amide bonds. The Morgan fingerprint density at radius 1 is 1.16 bits per heavy atom. The summed E-state index contributed by atoms with van der Waals surface area (Å²) in [6.45, 7) is 9.40. The number of rotatable bonds is 11. The predicted octanol–water partition coefficient (Wildman–Crippen LogP) is 6.24. The van der Waals surface area contributed by atoms with E-state index in [1.807, 2.05) is 6.07 Å². The lowest BCUT2D eigenvalue weighted by Crippen LogP contribution is -2.53. The van der Waals surface area contributed by atoms with Gasteiger partial charge in [0, 0.05) is 24.7 Å². The molecule has 2 nitrogen and oxygen atoms in total. The molecule has 2 rings (SSSR count). The van der Waals surface area contributed by atoms with Crippen molar-refractivity contribution in [3.63, 3.8) is 0 Å². The summed E-state index contributed by atoms with van der Waals surface area (Å²) < 4.78 is 5.44. The minimum Gasteiger partial charge on any atom is -0.382 e. The second kappa shape index (κ2) is 10.2. The molecular formula is C21H33Cl2NO. The van der Waals surface area contributed by atoms with Gasteiger partial charge in [-0.3, -0.25) is 0 Å². The molecular weight excluding hydrogens is 353 g/mol. The SMILES string of the molecule is CCOCCCCN[C@@H](CC(C)C)C1(c2ccc(Cl)c(Cl)c2)CCC1. The fourth-order valence-electron chi connectivity index (χ4n) is 3.93. The normalized spacial score (nSPS) is 17.5. The van der Waals surface area contributed by atoms with Gasteiger partial charge in [-0.2, -0.15) is 0 Å². The minimum absolute atomic E-state index is 0.207. The van der Waals surface area contributed by atoms with Gasteiger partial charge in [-0.15, -0.1) is 0 Å². The highest BCUT2D eigenvalue weighted by atomic mass is 35.5. The molecule has 0 unspecified atom stereocenters. The molecule has 1 aromatic rings. The summed E-state index contributed by atoms with van der Waals surface area (Å²) >= 11 is 12.5. The molecule has 0 spiro atoms. The average molecular weight is 386 g/mol. The van der Waals surface area contributed by atoms with E-state index < -0.39 is 0 Å². The molecule has 1 aliphatic carbocycles. The molecule has 1 aromatic carbocycles. The highest BCUT2D eigenvalue weighted by Crippen LogP contribution is 2.49. The number of hydrogen-bond donors (Lipinski definition) is 1. The highest BCUT2D eigenvalue weighted by Gasteiger charge is 2.45. The van der Waals surface area contributed by atoms with Crippen LogP contribution in [0.2, 0.25) is 10.0 Å². The first-order valence-corrected chi connectivity index (χ1v) is 10.5. The van der Waals surface area contributed by atoms with Crippen molar-refractivity contribution < 1.29 is 4.74 Å². The quantitative estimate of drug-likeness (QED) is 0.455. The van der Waals surface area contributed by atoms with Gasteiger partial charge in [0.1, 0.15) is 0 Å². The van der Waals surface area contributed by atoms with E-state index in [1.165, 1.54) is 31.2 Å². The van der Waals surface area contributed by atoms with E-state index in [2.05, 4.69) is 38.2 Å². The van der Waals surface area contributed by atoms with Crippen molar-refractivity contribution in [2.75, 3.05) is 19.8 Å². The van der Waals surface area contributed by atoms with Gasteiger partial charge in [-0.25, -0.2) is 0 Å². The van der Waals surface area contributed by atoms with Crippen LogP contribution in [-0.2, 0) is 10.2 Å². The largest absolute Gasteiger partial charge is 0.382 e. The Balaban J connectivity index is 2.06. The highest BCUT2D eigenvalue weighted by molar-refractivity contribution is 6.42. The molecule has 25 heavy (non-hydrogen) atoms. The third kappa shape index (κ3) is 5.60. The van der Waals surface area contributed by atoms with Crippen LogP contribution in [0.3, 0.4) is 0 Å². The lowest BCUT2D eigenvalue weighted by Gasteiger charge is -2.49. The minimum atomic E-state index is 0.207. The van der Waals surface area contributed by atoms with E-state index in [4.69, 9.17) is 27.9 Å². The number of halogens is 2. The second-order valence-electron chi connectivity index (χ2n) is 7.68. The van der Waals surface area contributed by atoms with E-state index in [0.717, 1.165) is 32.6 Å². The molecule has 1 aliphatic rings. The average Bonchev–Trinajstić information content (AvgIpc) is 2.52. The molecule has 0 aromatic heterocycles. The van der Waals surface area contributed by atoms with Crippen molar-refractivity contribution in [3.05, 3.63) is 33.8 Å². The molecule has 1 saturated carbocycles. The molecule has 1 atom stereocenters. The van der Waals surface area contributed by atoms with Gasteiger partial charge in [-0.1, -0.05) is 49.5 Å². The smallest absolute Gasteiger partial charge is 0.0595 e. The molecule has 4 heteroatoms. The fourth-order valence-corrected chi connectivity index (χ4v) is 4.23. The molecule has 0 bridgehead atoms. The van der Waals surface area contributed by atoms with Crippen molar-refractivity contribution >= 4 is 23.2 Å². The van der Waals surface area contributed by atoms with Crippen molar-refractivity contribution in [1.82, 2.24) is 5.32 Å². The summed E-state index contributed by atoms with van der Waals surface area (Å²) in [6.07, 6.45) is 7.22. The van der Waals surface area contributed by atoms with Gasteiger partial charge in [0.25, 0.3) is 0 Å². The Morgan fingerprint density at radius 2 is 1.92 bits per heavy atom. The number of unbranched alkanes of at least 4 members (excludes halogenated alkanes) is 1. The van der Waals surface area contributed by atoms with E-state index in [0.29, 0.717) is 22.0 Å². The molecule has 0 heterocycles. The first-order valence-electron chi connectivity index (χ1n) is 9.76. The van der Waals surface area contributed by atoms with Crippen LogP contribution in [0.5, 0.6) is 0 Å². The number of hydrogen-bond acceptors (Lipinski definition) is 2. The Labute approximate surface area is 163 Å². The lowest BCUT2D eigenvalue weighted by atomic mass is 9.59. The van der Waals surface area contributed by atoms with Gasteiger partial charge >= 0.3 is 0 Å². The molecule has 1 fully saturated rings. The van der Waals surface area contributed by atoms with Gasteiger partial charge < -0.3 is 10.1 Å². The first kappa shape index (κ1) is 21.0. The van der Waals surface area contributed by atoms with Crippen LogP contribution in [0.4, 0.5) is 0 Å².